The van der Waals surface area contributed by atoms with Crippen molar-refractivity contribution in [1.29, 1.82) is 0 Å². The van der Waals surface area contributed by atoms with E-state index in [-0.39, 0.29) is 56.6 Å². The minimum absolute atomic E-state index is 0.0487. The minimum atomic E-state index is -0.214. The predicted octanol–water partition coefficient (Wildman–Crippen LogP) is 5.03. The van der Waals surface area contributed by atoms with Crippen molar-refractivity contribution in [2.24, 2.45) is 33.5 Å². The van der Waals surface area contributed by atoms with Gasteiger partial charge in [0.15, 0.2) is 0 Å². The minimum Gasteiger partial charge on any atom is -0.469 e. The summed E-state index contributed by atoms with van der Waals surface area (Å²) >= 11 is 0. The fourth-order valence-electron chi connectivity index (χ4n) is 11.1. The molecule has 10 atom stereocenters. The van der Waals surface area contributed by atoms with Crippen molar-refractivity contribution in [2.75, 3.05) is 7.11 Å². The molecule has 5 nitrogen and oxygen atoms in total. The predicted molar refractivity (Wildman–Crippen MR) is 124 cm³/mol. The quantitative estimate of drug-likeness (QED) is 0.471. The molecule has 6 aliphatic rings. The van der Waals surface area contributed by atoms with Crippen molar-refractivity contribution in [3.8, 4) is 0 Å². The van der Waals surface area contributed by atoms with Gasteiger partial charge in [-0.15, -0.1) is 0 Å². The molecule has 0 bridgehead atoms. The van der Waals surface area contributed by atoms with Gasteiger partial charge in [-0.1, -0.05) is 41.5 Å². The lowest BCUT2D eigenvalue weighted by Gasteiger charge is -2.64. The van der Waals surface area contributed by atoms with Crippen molar-refractivity contribution in [3.63, 3.8) is 0 Å². The van der Waals surface area contributed by atoms with Crippen LogP contribution >= 0.6 is 0 Å². The first-order valence-electron chi connectivity index (χ1n) is 13.4. The van der Waals surface area contributed by atoms with Gasteiger partial charge in [-0.2, -0.15) is 0 Å². The number of aliphatic hydroxyl groups excluding tert-OH is 1. The highest BCUT2D eigenvalue weighted by atomic mass is 16.6. The fraction of sp³-hybridized carbons (Fsp3) is 0.964. The molecule has 2 heterocycles. The van der Waals surface area contributed by atoms with Gasteiger partial charge in [-0.3, -0.25) is 4.79 Å². The monoisotopic (exact) mass is 460 g/mol. The fourth-order valence-corrected chi connectivity index (χ4v) is 11.1. The molecule has 0 unspecified atom stereocenters. The number of epoxide rings is 2. The third-order valence-electron chi connectivity index (χ3n) is 13.2. The van der Waals surface area contributed by atoms with Gasteiger partial charge >= 0.3 is 5.97 Å². The highest BCUT2D eigenvalue weighted by Crippen LogP contribution is 2.89. The molecule has 33 heavy (non-hydrogen) atoms. The van der Waals surface area contributed by atoms with Gasteiger partial charge in [0.25, 0.3) is 0 Å². The van der Waals surface area contributed by atoms with E-state index in [4.69, 9.17) is 14.2 Å². The Labute approximate surface area is 199 Å². The summed E-state index contributed by atoms with van der Waals surface area (Å²) in [5.74, 6) is 0.700. The number of aliphatic hydroxyl groups is 1. The summed E-state index contributed by atoms with van der Waals surface area (Å²) in [7, 11) is 1.47. The second-order valence-electron chi connectivity index (χ2n) is 13.9. The Morgan fingerprint density at radius 3 is 2.45 bits per heavy atom. The molecular formula is C28H44O5. The number of fused-ring (bicyclic) bond motifs is 4. The SMILES string of the molecule is COC(=O)CC[C@@H](C)[C@@]12O[C@@H]1C[C@]1(C)[C@]2(C)CC[C@@]23O[C@@]12CC[C@H]1C(C)(C)[C@@H](O)CC[C@@]13C. The number of ether oxygens (including phenoxy) is 3. The molecule has 4 aliphatic carbocycles. The molecule has 4 saturated carbocycles. The van der Waals surface area contributed by atoms with Crippen LogP contribution < -0.4 is 0 Å². The van der Waals surface area contributed by atoms with Crippen LogP contribution in [0.2, 0.25) is 0 Å². The second-order valence-corrected chi connectivity index (χ2v) is 13.9. The summed E-state index contributed by atoms with van der Waals surface area (Å²) in [6.07, 6.45) is 8.84. The van der Waals surface area contributed by atoms with Crippen LogP contribution in [-0.2, 0) is 19.0 Å². The zero-order valence-electron chi connectivity index (χ0n) is 21.8. The number of carbonyl (C=O) groups is 1. The van der Waals surface area contributed by atoms with E-state index < -0.39 is 0 Å². The number of carbonyl (C=O) groups excluding carboxylic acids is 1. The Morgan fingerprint density at radius 2 is 1.76 bits per heavy atom. The average Bonchev–Trinajstić information content (AvgIpc) is 3.65. The van der Waals surface area contributed by atoms with Crippen LogP contribution in [0.4, 0.5) is 0 Å². The van der Waals surface area contributed by atoms with E-state index in [1.54, 1.807) is 0 Å². The number of esters is 1. The summed E-state index contributed by atoms with van der Waals surface area (Å²) in [5.41, 5.74) is -0.0731. The van der Waals surface area contributed by atoms with Gasteiger partial charge in [0.2, 0.25) is 0 Å². The van der Waals surface area contributed by atoms with E-state index >= 15 is 0 Å². The average molecular weight is 461 g/mol. The molecular weight excluding hydrogens is 416 g/mol. The molecule has 5 heteroatoms. The first-order chi connectivity index (χ1) is 15.3. The Hall–Kier alpha value is -0.650. The molecule has 2 aliphatic heterocycles. The normalized spacial score (nSPS) is 58.1. The van der Waals surface area contributed by atoms with Crippen molar-refractivity contribution >= 4 is 5.97 Å². The maximum atomic E-state index is 11.9. The van der Waals surface area contributed by atoms with E-state index in [1.807, 2.05) is 0 Å². The maximum Gasteiger partial charge on any atom is 0.305 e. The Bertz CT molecular complexity index is 901. The molecule has 0 aromatic heterocycles. The standard InChI is InChI=1S/C28H44O5/c1-17(8-9-21(30)31-7)28-20(32-28)16-25(6)24(28,5)14-15-26-23(4)12-11-19(29)22(2,3)18(23)10-13-27(25,26)33-26/h17-20,29H,8-16H2,1-7H3/t17-,18+,19+,20-,23+,24+,25-,26+,27+,28-/m1/s1. The maximum absolute atomic E-state index is 11.9. The highest BCUT2D eigenvalue weighted by Gasteiger charge is 2.95. The van der Waals surface area contributed by atoms with Crippen molar-refractivity contribution in [1.82, 2.24) is 0 Å². The van der Waals surface area contributed by atoms with E-state index in [1.165, 1.54) is 7.11 Å². The molecule has 0 aromatic rings. The molecule has 186 valence electrons. The lowest BCUT2D eigenvalue weighted by molar-refractivity contribution is -0.169. The molecule has 0 amide bonds. The number of hydrogen-bond donors (Lipinski definition) is 1. The third kappa shape index (κ3) is 2.14. The summed E-state index contributed by atoms with van der Waals surface area (Å²) in [5, 5.41) is 10.9. The topological polar surface area (TPSA) is 71.6 Å². The van der Waals surface area contributed by atoms with Gasteiger partial charge in [-0.25, -0.2) is 0 Å². The summed E-state index contributed by atoms with van der Waals surface area (Å²) in [6.45, 7) is 14.4. The van der Waals surface area contributed by atoms with Gasteiger partial charge in [0, 0.05) is 22.7 Å². The summed E-state index contributed by atoms with van der Waals surface area (Å²) < 4.78 is 18.7. The summed E-state index contributed by atoms with van der Waals surface area (Å²) in [6, 6.07) is 0. The van der Waals surface area contributed by atoms with E-state index in [2.05, 4.69) is 41.5 Å². The van der Waals surface area contributed by atoms with Crippen molar-refractivity contribution in [3.05, 3.63) is 0 Å². The molecule has 6 fully saturated rings. The number of rotatable bonds is 4. The number of hydrogen-bond acceptors (Lipinski definition) is 5. The molecule has 0 aromatic carbocycles. The van der Waals surface area contributed by atoms with Gasteiger partial charge in [-0.05, 0) is 68.6 Å². The zero-order chi connectivity index (χ0) is 23.9. The van der Waals surface area contributed by atoms with Gasteiger partial charge < -0.3 is 19.3 Å². The Balaban J connectivity index is 1.35. The van der Waals surface area contributed by atoms with Crippen LogP contribution in [0.15, 0.2) is 0 Å². The van der Waals surface area contributed by atoms with Crippen molar-refractivity contribution in [2.45, 2.75) is 128 Å². The van der Waals surface area contributed by atoms with Gasteiger partial charge in [0.05, 0.1) is 19.3 Å². The lowest BCUT2D eigenvalue weighted by Crippen LogP contribution is -2.67. The zero-order valence-corrected chi connectivity index (χ0v) is 21.8. The van der Waals surface area contributed by atoms with E-state index in [0.717, 1.165) is 51.4 Å². The van der Waals surface area contributed by atoms with Gasteiger partial charge in [0.1, 0.15) is 16.8 Å². The molecule has 2 saturated heterocycles. The first-order valence-corrected chi connectivity index (χ1v) is 13.4. The van der Waals surface area contributed by atoms with Crippen LogP contribution in [0.5, 0.6) is 0 Å². The van der Waals surface area contributed by atoms with Crippen LogP contribution in [0.25, 0.3) is 0 Å². The lowest BCUT2D eigenvalue weighted by atomic mass is 9.37. The Morgan fingerprint density at radius 1 is 1.03 bits per heavy atom. The van der Waals surface area contributed by atoms with E-state index in [0.29, 0.717) is 18.3 Å². The largest absolute Gasteiger partial charge is 0.469 e. The van der Waals surface area contributed by atoms with E-state index in [9.17, 15) is 9.90 Å². The smallest absolute Gasteiger partial charge is 0.305 e. The Kier molecular flexibility index (Phi) is 4.27. The van der Waals surface area contributed by atoms with Crippen LogP contribution in [0.1, 0.15) is 99.3 Å². The van der Waals surface area contributed by atoms with Crippen molar-refractivity contribution < 1.29 is 24.1 Å². The molecule has 1 N–H and O–H groups in total. The molecule has 0 spiro atoms. The van der Waals surface area contributed by atoms with Crippen LogP contribution in [-0.4, -0.2) is 47.2 Å². The van der Waals surface area contributed by atoms with Crippen LogP contribution in [0.3, 0.4) is 0 Å². The van der Waals surface area contributed by atoms with Crippen LogP contribution in [0, 0.1) is 33.5 Å². The number of methoxy groups -OCH3 is 1. The highest BCUT2D eigenvalue weighted by molar-refractivity contribution is 5.69. The summed E-state index contributed by atoms with van der Waals surface area (Å²) in [4.78, 5) is 11.9. The first kappa shape index (κ1) is 22.8. The third-order valence-corrected chi connectivity index (χ3v) is 13.2. The molecule has 6 rings (SSSR count). The molecule has 0 radical (unpaired) electrons. The second kappa shape index (κ2) is 6.18.